The van der Waals surface area contributed by atoms with E-state index in [4.69, 9.17) is 4.74 Å². The number of nitrogens with zero attached hydrogens (tertiary/aromatic N) is 2. The Bertz CT molecular complexity index is 316. The zero-order valence-electron chi connectivity index (χ0n) is 9.97. The number of carbonyl (C=O) groups excluding carboxylic acids is 2. The predicted octanol–water partition coefficient (Wildman–Crippen LogP) is 0.694. The molecule has 5 heteroatoms. The van der Waals surface area contributed by atoms with Crippen molar-refractivity contribution in [3.63, 3.8) is 0 Å². The number of amides is 3. The number of carbonyl (C=O) groups is 2. The van der Waals surface area contributed by atoms with Crippen molar-refractivity contribution in [2.45, 2.75) is 32.9 Å². The van der Waals surface area contributed by atoms with Gasteiger partial charge in [-0.15, -0.1) is 0 Å². The fraction of sp³-hybridized carbons (Fsp3) is 0.818. The SMILES string of the molecule is CCN1C(=O)N(C(C)C)C(=O)C2COCC21. The van der Waals surface area contributed by atoms with Gasteiger partial charge < -0.3 is 9.64 Å². The zero-order valence-corrected chi connectivity index (χ0v) is 9.97. The molecule has 0 aromatic carbocycles. The molecule has 2 unspecified atom stereocenters. The first-order valence-corrected chi connectivity index (χ1v) is 5.79. The topological polar surface area (TPSA) is 49.9 Å². The number of imide groups is 1. The third-order valence-corrected chi connectivity index (χ3v) is 3.31. The lowest BCUT2D eigenvalue weighted by atomic mass is 9.97. The zero-order chi connectivity index (χ0) is 11.9. The van der Waals surface area contributed by atoms with Crippen LogP contribution in [0.2, 0.25) is 0 Å². The van der Waals surface area contributed by atoms with Gasteiger partial charge in [-0.3, -0.25) is 9.69 Å². The van der Waals surface area contributed by atoms with Crippen molar-refractivity contribution in [1.29, 1.82) is 0 Å². The molecular formula is C11H18N2O3. The van der Waals surface area contributed by atoms with Crippen molar-refractivity contribution in [1.82, 2.24) is 9.80 Å². The molecule has 2 aliphatic rings. The third kappa shape index (κ3) is 1.50. The maximum Gasteiger partial charge on any atom is 0.327 e. The summed E-state index contributed by atoms with van der Waals surface area (Å²) in [5.74, 6) is -0.243. The number of rotatable bonds is 2. The Morgan fingerprint density at radius 2 is 2.06 bits per heavy atom. The molecule has 2 aliphatic heterocycles. The van der Waals surface area contributed by atoms with E-state index in [1.54, 1.807) is 4.90 Å². The molecule has 5 nitrogen and oxygen atoms in total. The summed E-state index contributed by atoms with van der Waals surface area (Å²) in [6.45, 7) is 7.21. The van der Waals surface area contributed by atoms with Crippen LogP contribution < -0.4 is 0 Å². The van der Waals surface area contributed by atoms with E-state index >= 15 is 0 Å². The van der Waals surface area contributed by atoms with E-state index in [0.29, 0.717) is 19.8 Å². The van der Waals surface area contributed by atoms with Gasteiger partial charge in [0.1, 0.15) is 0 Å². The van der Waals surface area contributed by atoms with Crippen LogP contribution in [0.3, 0.4) is 0 Å². The van der Waals surface area contributed by atoms with E-state index in [2.05, 4.69) is 0 Å². The molecule has 0 saturated carbocycles. The summed E-state index contributed by atoms with van der Waals surface area (Å²) in [6.07, 6.45) is 0. The maximum absolute atomic E-state index is 12.1. The molecule has 2 fully saturated rings. The Morgan fingerprint density at radius 3 is 2.62 bits per heavy atom. The van der Waals surface area contributed by atoms with Crippen LogP contribution >= 0.6 is 0 Å². The first kappa shape index (κ1) is 11.4. The van der Waals surface area contributed by atoms with Crippen LogP contribution in [0.5, 0.6) is 0 Å². The van der Waals surface area contributed by atoms with Crippen molar-refractivity contribution in [2.24, 2.45) is 5.92 Å². The summed E-state index contributed by atoms with van der Waals surface area (Å²) in [7, 11) is 0. The van der Waals surface area contributed by atoms with E-state index in [-0.39, 0.29) is 29.9 Å². The molecule has 0 aromatic heterocycles. The van der Waals surface area contributed by atoms with E-state index in [1.807, 2.05) is 20.8 Å². The smallest absolute Gasteiger partial charge is 0.327 e. The molecule has 2 atom stereocenters. The number of ether oxygens (including phenoxy) is 1. The van der Waals surface area contributed by atoms with Gasteiger partial charge in [0.05, 0.1) is 25.2 Å². The van der Waals surface area contributed by atoms with E-state index in [0.717, 1.165) is 0 Å². The fourth-order valence-electron chi connectivity index (χ4n) is 2.48. The van der Waals surface area contributed by atoms with E-state index < -0.39 is 0 Å². The molecule has 0 bridgehead atoms. The van der Waals surface area contributed by atoms with Gasteiger partial charge in [0.2, 0.25) is 5.91 Å². The van der Waals surface area contributed by atoms with Crippen molar-refractivity contribution in [3.05, 3.63) is 0 Å². The lowest BCUT2D eigenvalue weighted by Crippen LogP contribution is -2.62. The summed E-state index contributed by atoms with van der Waals surface area (Å²) in [6, 6.07) is -0.315. The highest BCUT2D eigenvalue weighted by molar-refractivity contribution is 5.99. The van der Waals surface area contributed by atoms with Crippen molar-refractivity contribution in [3.8, 4) is 0 Å². The molecule has 3 amide bonds. The number of likely N-dealkylation sites (N-methyl/N-ethyl adjacent to an activating group) is 1. The van der Waals surface area contributed by atoms with Gasteiger partial charge in [0.25, 0.3) is 0 Å². The maximum atomic E-state index is 12.1. The highest BCUT2D eigenvalue weighted by Gasteiger charge is 2.49. The summed E-state index contributed by atoms with van der Waals surface area (Å²) >= 11 is 0. The highest BCUT2D eigenvalue weighted by atomic mass is 16.5. The van der Waals surface area contributed by atoms with E-state index in [1.165, 1.54) is 4.90 Å². The van der Waals surface area contributed by atoms with Crippen molar-refractivity contribution in [2.75, 3.05) is 19.8 Å². The minimum Gasteiger partial charge on any atom is -0.378 e. The quantitative estimate of drug-likeness (QED) is 0.696. The van der Waals surface area contributed by atoms with Gasteiger partial charge in [0, 0.05) is 12.6 Å². The number of fused-ring (bicyclic) bond motifs is 1. The highest BCUT2D eigenvalue weighted by Crippen LogP contribution is 2.29. The third-order valence-electron chi connectivity index (χ3n) is 3.31. The molecule has 90 valence electrons. The molecule has 2 saturated heterocycles. The normalized spacial score (nSPS) is 30.2. The first-order valence-electron chi connectivity index (χ1n) is 5.79. The van der Waals surface area contributed by atoms with Gasteiger partial charge in [0.15, 0.2) is 0 Å². The van der Waals surface area contributed by atoms with Crippen LogP contribution in [-0.4, -0.2) is 53.6 Å². The largest absolute Gasteiger partial charge is 0.378 e. The Hall–Kier alpha value is -1.10. The van der Waals surface area contributed by atoms with Crippen molar-refractivity contribution >= 4 is 11.9 Å². The molecule has 0 radical (unpaired) electrons. The van der Waals surface area contributed by atoms with Gasteiger partial charge in [-0.05, 0) is 20.8 Å². The van der Waals surface area contributed by atoms with Crippen LogP contribution in [0.4, 0.5) is 4.79 Å². The van der Waals surface area contributed by atoms with Gasteiger partial charge in [-0.25, -0.2) is 4.79 Å². The summed E-state index contributed by atoms with van der Waals surface area (Å²) in [5, 5.41) is 0. The number of urea groups is 1. The van der Waals surface area contributed by atoms with Crippen LogP contribution in [0.25, 0.3) is 0 Å². The second-order valence-corrected chi connectivity index (χ2v) is 4.58. The van der Waals surface area contributed by atoms with Crippen molar-refractivity contribution < 1.29 is 14.3 Å². The summed E-state index contributed by atoms with van der Waals surface area (Å²) in [4.78, 5) is 27.4. The van der Waals surface area contributed by atoms with E-state index in [9.17, 15) is 9.59 Å². The average Bonchev–Trinajstić information content (AvgIpc) is 2.66. The Labute approximate surface area is 95.3 Å². The molecule has 0 aromatic rings. The Balaban J connectivity index is 2.31. The summed E-state index contributed by atoms with van der Waals surface area (Å²) in [5.41, 5.74) is 0. The lowest BCUT2D eigenvalue weighted by Gasteiger charge is -2.42. The van der Waals surface area contributed by atoms with Gasteiger partial charge in [-0.1, -0.05) is 0 Å². The standard InChI is InChI=1S/C11H18N2O3/c1-4-12-9-6-16-5-8(9)10(14)13(7(2)3)11(12)15/h7-9H,4-6H2,1-3H3. The molecule has 0 aliphatic carbocycles. The molecule has 2 rings (SSSR count). The predicted molar refractivity (Wildman–Crippen MR) is 57.9 cm³/mol. The number of hydrogen-bond acceptors (Lipinski definition) is 3. The first-order chi connectivity index (χ1) is 7.57. The van der Waals surface area contributed by atoms with Crippen LogP contribution in [0.15, 0.2) is 0 Å². The fourth-order valence-corrected chi connectivity index (χ4v) is 2.48. The van der Waals surface area contributed by atoms with Gasteiger partial charge in [-0.2, -0.15) is 0 Å². The molecule has 2 heterocycles. The van der Waals surface area contributed by atoms with Crippen LogP contribution in [0.1, 0.15) is 20.8 Å². The summed E-state index contributed by atoms with van der Waals surface area (Å²) < 4.78 is 5.33. The lowest BCUT2D eigenvalue weighted by molar-refractivity contribution is -0.138. The van der Waals surface area contributed by atoms with Crippen LogP contribution in [0, 0.1) is 5.92 Å². The molecule has 16 heavy (non-hydrogen) atoms. The second-order valence-electron chi connectivity index (χ2n) is 4.58. The minimum absolute atomic E-state index is 0.0556. The Morgan fingerprint density at radius 1 is 1.38 bits per heavy atom. The molecular weight excluding hydrogens is 208 g/mol. The van der Waals surface area contributed by atoms with Gasteiger partial charge >= 0.3 is 6.03 Å². The molecule has 0 spiro atoms. The second kappa shape index (κ2) is 4.05. The average molecular weight is 226 g/mol. The van der Waals surface area contributed by atoms with Crippen LogP contribution in [-0.2, 0) is 9.53 Å². The Kier molecular flexibility index (Phi) is 2.88. The minimum atomic E-state index is -0.172. The number of hydrogen-bond donors (Lipinski definition) is 0. The monoisotopic (exact) mass is 226 g/mol. The molecule has 0 N–H and O–H groups in total.